The van der Waals surface area contributed by atoms with Gasteiger partial charge in [-0.25, -0.2) is 4.79 Å². The van der Waals surface area contributed by atoms with Gasteiger partial charge < -0.3 is 19.5 Å². The summed E-state index contributed by atoms with van der Waals surface area (Å²) in [6.45, 7) is 6.13. The fourth-order valence-corrected chi connectivity index (χ4v) is 3.05. The second-order valence-corrected chi connectivity index (χ2v) is 6.94. The molecule has 132 valence electrons. The van der Waals surface area contributed by atoms with Gasteiger partial charge in [-0.15, -0.1) is 0 Å². The monoisotopic (exact) mass is 335 g/mol. The van der Waals surface area contributed by atoms with Crippen molar-refractivity contribution in [3.8, 4) is 5.75 Å². The molecule has 6 nitrogen and oxygen atoms in total. The predicted molar refractivity (Wildman–Crippen MR) is 89.2 cm³/mol. The smallest absolute Gasteiger partial charge is 0.410 e. The van der Waals surface area contributed by atoms with Crippen LogP contribution in [-0.2, 0) is 16.0 Å². The number of carbonyl (C=O) groups excluding carboxylic acids is 1. The third kappa shape index (κ3) is 4.19. The SMILES string of the molecule is COc1c(CC(=O)O)cccc1[C@@H]1CCCN1C(=O)OC(C)(C)C. The first-order valence-electron chi connectivity index (χ1n) is 8.10. The highest BCUT2D eigenvalue weighted by Crippen LogP contribution is 2.39. The van der Waals surface area contributed by atoms with Gasteiger partial charge in [-0.05, 0) is 33.6 Å². The molecule has 0 unspecified atom stereocenters. The molecule has 1 atom stereocenters. The molecule has 1 aromatic rings. The van der Waals surface area contributed by atoms with Gasteiger partial charge in [0.25, 0.3) is 0 Å². The van der Waals surface area contributed by atoms with Crippen LogP contribution in [0, 0.1) is 0 Å². The van der Waals surface area contributed by atoms with E-state index in [1.165, 1.54) is 7.11 Å². The third-order valence-corrected chi connectivity index (χ3v) is 3.91. The van der Waals surface area contributed by atoms with Crippen molar-refractivity contribution in [2.75, 3.05) is 13.7 Å². The Kier molecular flexibility index (Phi) is 5.36. The van der Waals surface area contributed by atoms with Gasteiger partial charge in [0.1, 0.15) is 11.4 Å². The van der Waals surface area contributed by atoms with Crippen molar-refractivity contribution >= 4 is 12.1 Å². The van der Waals surface area contributed by atoms with Crippen molar-refractivity contribution in [3.63, 3.8) is 0 Å². The zero-order valence-corrected chi connectivity index (χ0v) is 14.7. The summed E-state index contributed by atoms with van der Waals surface area (Å²) < 4.78 is 11.0. The van der Waals surface area contributed by atoms with E-state index in [0.29, 0.717) is 17.9 Å². The minimum absolute atomic E-state index is 0.115. The van der Waals surface area contributed by atoms with Gasteiger partial charge in [0, 0.05) is 17.7 Å². The lowest BCUT2D eigenvalue weighted by Crippen LogP contribution is -2.36. The van der Waals surface area contributed by atoms with Crippen LogP contribution < -0.4 is 4.74 Å². The first-order valence-corrected chi connectivity index (χ1v) is 8.10. The maximum absolute atomic E-state index is 12.5. The molecule has 24 heavy (non-hydrogen) atoms. The minimum Gasteiger partial charge on any atom is -0.496 e. The molecule has 0 aromatic heterocycles. The molecule has 0 radical (unpaired) electrons. The maximum Gasteiger partial charge on any atom is 0.410 e. The highest BCUT2D eigenvalue weighted by molar-refractivity contribution is 5.72. The van der Waals surface area contributed by atoms with Gasteiger partial charge in [-0.2, -0.15) is 0 Å². The molecule has 6 heteroatoms. The molecule has 0 bridgehead atoms. The number of aliphatic carboxylic acids is 1. The molecule has 1 aliphatic heterocycles. The summed E-state index contributed by atoms with van der Waals surface area (Å²) in [6.07, 6.45) is 1.20. The van der Waals surface area contributed by atoms with E-state index in [4.69, 9.17) is 14.6 Å². The molecule has 0 aliphatic carbocycles. The van der Waals surface area contributed by atoms with Crippen molar-refractivity contribution in [2.24, 2.45) is 0 Å². The van der Waals surface area contributed by atoms with Crippen molar-refractivity contribution in [2.45, 2.75) is 51.7 Å². The van der Waals surface area contributed by atoms with Gasteiger partial charge in [0.05, 0.1) is 19.6 Å². The van der Waals surface area contributed by atoms with Gasteiger partial charge in [0.2, 0.25) is 0 Å². The number of methoxy groups -OCH3 is 1. The van der Waals surface area contributed by atoms with E-state index in [1.807, 2.05) is 32.9 Å². The van der Waals surface area contributed by atoms with Crippen molar-refractivity contribution in [3.05, 3.63) is 29.3 Å². The van der Waals surface area contributed by atoms with Crippen LogP contribution >= 0.6 is 0 Å². The lowest BCUT2D eigenvalue weighted by molar-refractivity contribution is -0.136. The molecule has 0 saturated carbocycles. The summed E-state index contributed by atoms with van der Waals surface area (Å²) in [4.78, 5) is 25.2. The van der Waals surface area contributed by atoms with Gasteiger partial charge >= 0.3 is 12.1 Å². The molecule has 0 spiro atoms. The summed E-state index contributed by atoms with van der Waals surface area (Å²) in [5.74, 6) is -0.374. The van der Waals surface area contributed by atoms with Crippen molar-refractivity contribution < 1.29 is 24.2 Å². The van der Waals surface area contributed by atoms with Crippen LogP contribution in [0.4, 0.5) is 4.79 Å². The Balaban J connectivity index is 2.32. The fraction of sp³-hybridized carbons (Fsp3) is 0.556. The molecule has 1 aliphatic rings. The van der Waals surface area contributed by atoms with Gasteiger partial charge in [0.15, 0.2) is 0 Å². The lowest BCUT2D eigenvalue weighted by atomic mass is 9.98. The zero-order chi connectivity index (χ0) is 17.9. The second kappa shape index (κ2) is 7.11. The Morgan fingerprint density at radius 2 is 2.04 bits per heavy atom. The maximum atomic E-state index is 12.5. The number of hydrogen-bond donors (Lipinski definition) is 1. The normalized spacial score (nSPS) is 17.7. The molecular formula is C18H25NO5. The second-order valence-electron chi connectivity index (χ2n) is 6.94. The average molecular weight is 335 g/mol. The summed E-state index contributed by atoms with van der Waals surface area (Å²) >= 11 is 0. The molecule has 1 aromatic carbocycles. The van der Waals surface area contributed by atoms with Crippen molar-refractivity contribution in [1.29, 1.82) is 0 Å². The first-order chi connectivity index (χ1) is 11.2. The Morgan fingerprint density at radius 1 is 1.33 bits per heavy atom. The van der Waals surface area contributed by atoms with Crippen LogP contribution in [0.25, 0.3) is 0 Å². The van der Waals surface area contributed by atoms with E-state index in [0.717, 1.165) is 18.4 Å². The van der Waals surface area contributed by atoms with E-state index in [-0.39, 0.29) is 18.6 Å². The van der Waals surface area contributed by atoms with Crippen LogP contribution in [0.1, 0.15) is 50.8 Å². The van der Waals surface area contributed by atoms with E-state index in [9.17, 15) is 9.59 Å². The average Bonchev–Trinajstić information content (AvgIpc) is 2.93. The Morgan fingerprint density at radius 3 is 2.62 bits per heavy atom. The Labute approximate surface area is 142 Å². The largest absolute Gasteiger partial charge is 0.496 e. The van der Waals surface area contributed by atoms with Crippen LogP contribution in [-0.4, -0.2) is 41.3 Å². The number of rotatable bonds is 4. The molecule has 2 rings (SSSR count). The Bertz CT molecular complexity index is 620. The summed E-state index contributed by atoms with van der Waals surface area (Å²) in [7, 11) is 1.52. The van der Waals surface area contributed by atoms with E-state index in [2.05, 4.69) is 0 Å². The predicted octanol–water partition coefficient (Wildman–Crippen LogP) is 3.39. The highest BCUT2D eigenvalue weighted by Gasteiger charge is 2.35. The number of amides is 1. The van der Waals surface area contributed by atoms with Crippen molar-refractivity contribution in [1.82, 2.24) is 4.90 Å². The summed E-state index contributed by atoms with van der Waals surface area (Å²) in [5.41, 5.74) is 0.887. The Hall–Kier alpha value is -2.24. The van der Waals surface area contributed by atoms with Gasteiger partial charge in [-0.1, -0.05) is 18.2 Å². The summed E-state index contributed by atoms with van der Waals surface area (Å²) in [6, 6.07) is 5.27. The number of nitrogens with zero attached hydrogens (tertiary/aromatic N) is 1. The molecule has 1 heterocycles. The number of benzene rings is 1. The first kappa shape index (κ1) is 18.1. The lowest BCUT2D eigenvalue weighted by Gasteiger charge is -2.29. The van der Waals surface area contributed by atoms with E-state index < -0.39 is 11.6 Å². The molecule has 1 saturated heterocycles. The number of carboxylic acid groups (broad SMARTS) is 1. The van der Waals surface area contributed by atoms with Crippen LogP contribution in [0.2, 0.25) is 0 Å². The van der Waals surface area contributed by atoms with Crippen LogP contribution in [0.15, 0.2) is 18.2 Å². The van der Waals surface area contributed by atoms with E-state index in [1.54, 1.807) is 11.0 Å². The van der Waals surface area contributed by atoms with Gasteiger partial charge in [-0.3, -0.25) is 4.79 Å². The molecule has 1 amide bonds. The third-order valence-electron chi connectivity index (χ3n) is 3.91. The van der Waals surface area contributed by atoms with E-state index >= 15 is 0 Å². The number of hydrogen-bond acceptors (Lipinski definition) is 4. The molecular weight excluding hydrogens is 310 g/mol. The molecule has 1 fully saturated rings. The van der Waals surface area contributed by atoms with Crippen LogP contribution in [0.5, 0.6) is 5.75 Å². The number of likely N-dealkylation sites (tertiary alicyclic amines) is 1. The number of para-hydroxylation sites is 1. The number of carbonyl (C=O) groups is 2. The zero-order valence-electron chi connectivity index (χ0n) is 14.7. The van der Waals surface area contributed by atoms with Crippen LogP contribution in [0.3, 0.4) is 0 Å². The fourth-order valence-electron chi connectivity index (χ4n) is 3.05. The quantitative estimate of drug-likeness (QED) is 0.912. The highest BCUT2D eigenvalue weighted by atomic mass is 16.6. The topological polar surface area (TPSA) is 76.1 Å². The minimum atomic E-state index is -0.916. The number of ether oxygens (including phenoxy) is 2. The molecule has 1 N–H and O–H groups in total. The number of carboxylic acids is 1. The summed E-state index contributed by atoms with van der Waals surface area (Å²) in [5, 5.41) is 9.07. The standard InChI is InChI=1S/C18H25NO5/c1-18(2,3)24-17(22)19-10-6-9-14(19)13-8-5-7-12(11-15(20)21)16(13)23-4/h5,7-8,14H,6,9-11H2,1-4H3,(H,20,21)/t14-/m0/s1.